The van der Waals surface area contributed by atoms with Crippen LogP contribution < -0.4 is 4.74 Å². The Morgan fingerprint density at radius 2 is 1.70 bits per heavy atom. The van der Waals surface area contributed by atoms with Crippen LogP contribution >= 0.6 is 0 Å². The lowest BCUT2D eigenvalue weighted by Crippen LogP contribution is -2.53. The Morgan fingerprint density at radius 1 is 0.925 bits per heavy atom. The van der Waals surface area contributed by atoms with Crippen molar-refractivity contribution >= 4 is 24.3 Å². The van der Waals surface area contributed by atoms with Crippen LogP contribution in [-0.4, -0.2) is 127 Å². The molecule has 1 aromatic carbocycles. The summed E-state index contributed by atoms with van der Waals surface area (Å²) in [4.78, 5) is 60.0. The number of urea groups is 1. The second-order valence-corrected chi connectivity index (χ2v) is 10.9. The van der Waals surface area contributed by atoms with E-state index in [1.54, 1.807) is 14.7 Å². The Balaban J connectivity index is 1.32. The number of nitrogens with zero attached hydrogens (tertiary/aromatic N) is 5. The molecule has 216 valence electrons. The van der Waals surface area contributed by atoms with E-state index in [1.165, 1.54) is 0 Å². The van der Waals surface area contributed by atoms with Crippen LogP contribution in [0.4, 0.5) is 4.79 Å². The van der Waals surface area contributed by atoms with Crippen molar-refractivity contribution in [2.45, 2.75) is 19.4 Å². The fourth-order valence-corrected chi connectivity index (χ4v) is 5.92. The van der Waals surface area contributed by atoms with Gasteiger partial charge in [0, 0.05) is 64.3 Å². The molecule has 0 N–H and O–H groups in total. The van der Waals surface area contributed by atoms with E-state index in [2.05, 4.69) is 6.08 Å². The van der Waals surface area contributed by atoms with E-state index in [9.17, 15) is 19.2 Å². The molecule has 2 atom stereocenters. The Morgan fingerprint density at radius 3 is 2.48 bits per heavy atom. The average molecular weight is 554 g/mol. The van der Waals surface area contributed by atoms with Gasteiger partial charge in [-0.05, 0) is 24.3 Å². The molecule has 3 fully saturated rings. The first kappa shape index (κ1) is 27.9. The number of carbonyl (C=O) groups is 4. The number of piperidine rings is 1. The number of hydrogen-bond acceptors (Lipinski definition) is 6. The van der Waals surface area contributed by atoms with Crippen LogP contribution in [0.2, 0.25) is 0 Å². The molecule has 11 nitrogen and oxygen atoms in total. The van der Waals surface area contributed by atoms with Crippen LogP contribution in [0, 0.1) is 11.8 Å². The number of piperazine rings is 1. The predicted molar refractivity (Wildman–Crippen MR) is 146 cm³/mol. The molecule has 40 heavy (non-hydrogen) atoms. The second kappa shape index (κ2) is 13.2. The number of benzene rings is 1. The molecule has 0 spiro atoms. The topological polar surface area (TPSA) is 103 Å². The quantitative estimate of drug-likeness (QED) is 0.410. The van der Waals surface area contributed by atoms with E-state index in [0.29, 0.717) is 90.8 Å². The minimum absolute atomic E-state index is 0.000839. The summed E-state index contributed by atoms with van der Waals surface area (Å²) in [6, 6.07) is 7.45. The van der Waals surface area contributed by atoms with Crippen molar-refractivity contribution in [2.24, 2.45) is 11.8 Å². The summed E-state index contributed by atoms with van der Waals surface area (Å²) < 4.78 is 11.5. The molecule has 1 aromatic rings. The standard InChI is InChI=1S/C29H39N5O6/c35-22-30-9-11-31(12-10-30)27(36)18-23-7-8-33-19-24(23)5-3-15-40-26-6-2-1-4-25(26)20-34(21-28(33)37)29(38)32-13-16-39-17-14-32/h1-6,22-24H,7-21H2/t23-,24-/m0/s1. The van der Waals surface area contributed by atoms with Gasteiger partial charge in [-0.25, -0.2) is 4.79 Å². The first-order valence-electron chi connectivity index (χ1n) is 14.3. The van der Waals surface area contributed by atoms with Gasteiger partial charge in [0.15, 0.2) is 0 Å². The summed E-state index contributed by atoms with van der Waals surface area (Å²) in [5.41, 5.74) is 0.848. The van der Waals surface area contributed by atoms with Gasteiger partial charge in [0.1, 0.15) is 18.9 Å². The van der Waals surface area contributed by atoms with Gasteiger partial charge in [-0.1, -0.05) is 30.4 Å². The van der Waals surface area contributed by atoms with Crippen LogP contribution in [-0.2, 0) is 25.7 Å². The summed E-state index contributed by atoms with van der Waals surface area (Å²) in [5, 5.41) is 0. The number of ether oxygens (including phenoxy) is 2. The summed E-state index contributed by atoms with van der Waals surface area (Å²) in [6.45, 7) is 5.84. The predicted octanol–water partition coefficient (Wildman–Crippen LogP) is 1.04. The number of hydrogen-bond donors (Lipinski definition) is 0. The van der Waals surface area contributed by atoms with Gasteiger partial charge >= 0.3 is 6.03 Å². The van der Waals surface area contributed by atoms with Crippen LogP contribution in [0.3, 0.4) is 0 Å². The molecule has 0 aliphatic carbocycles. The molecule has 5 rings (SSSR count). The van der Waals surface area contributed by atoms with Crippen LogP contribution in [0.1, 0.15) is 18.4 Å². The van der Waals surface area contributed by atoms with Crippen LogP contribution in [0.25, 0.3) is 0 Å². The molecule has 0 unspecified atom stereocenters. The molecule has 0 radical (unpaired) electrons. The molecule has 3 saturated heterocycles. The Hall–Kier alpha value is -3.60. The highest BCUT2D eigenvalue weighted by molar-refractivity contribution is 5.84. The highest BCUT2D eigenvalue weighted by Crippen LogP contribution is 2.30. The van der Waals surface area contributed by atoms with Crippen LogP contribution in [0.15, 0.2) is 36.4 Å². The normalized spacial score (nSPS) is 24.3. The molecule has 4 heterocycles. The van der Waals surface area contributed by atoms with Gasteiger partial charge < -0.3 is 34.0 Å². The van der Waals surface area contributed by atoms with Crippen molar-refractivity contribution in [1.29, 1.82) is 0 Å². The van der Waals surface area contributed by atoms with Crippen LogP contribution in [0.5, 0.6) is 5.75 Å². The molecular formula is C29H39N5O6. The molecular weight excluding hydrogens is 514 g/mol. The SMILES string of the molecule is O=CN1CCN(C(=O)C[C@@H]2CCN3C[C@@H]2C=CCOc2ccccc2CN(C(=O)N2CCOCC2)CC3=O)CC1. The summed E-state index contributed by atoms with van der Waals surface area (Å²) >= 11 is 0. The van der Waals surface area contributed by atoms with Gasteiger partial charge in [0.05, 0.1) is 19.8 Å². The Kier molecular flexibility index (Phi) is 9.20. The number of rotatable bonds is 3. The van der Waals surface area contributed by atoms with Gasteiger partial charge in [0.25, 0.3) is 0 Å². The summed E-state index contributed by atoms with van der Waals surface area (Å²) in [6.07, 6.45) is 6.01. The summed E-state index contributed by atoms with van der Waals surface area (Å²) in [5.74, 6) is 0.788. The van der Waals surface area contributed by atoms with Crippen molar-refractivity contribution in [3.63, 3.8) is 0 Å². The lowest BCUT2D eigenvalue weighted by atomic mass is 9.82. The van der Waals surface area contributed by atoms with E-state index in [1.807, 2.05) is 40.1 Å². The molecule has 2 bridgehead atoms. The van der Waals surface area contributed by atoms with E-state index in [0.717, 1.165) is 12.0 Å². The Bertz CT molecular complexity index is 1100. The number of fused-ring (bicyclic) bond motifs is 3. The maximum absolute atomic E-state index is 13.6. The van der Waals surface area contributed by atoms with Gasteiger partial charge in [-0.2, -0.15) is 0 Å². The number of para-hydroxylation sites is 1. The Labute approximate surface area is 235 Å². The molecule has 4 aliphatic heterocycles. The number of carbonyl (C=O) groups excluding carboxylic acids is 4. The minimum Gasteiger partial charge on any atom is -0.489 e. The van der Waals surface area contributed by atoms with Crippen molar-refractivity contribution in [3.8, 4) is 5.75 Å². The summed E-state index contributed by atoms with van der Waals surface area (Å²) in [7, 11) is 0. The zero-order valence-corrected chi connectivity index (χ0v) is 23.0. The van der Waals surface area contributed by atoms with Gasteiger partial charge in [-0.15, -0.1) is 0 Å². The molecule has 4 aliphatic rings. The largest absolute Gasteiger partial charge is 0.489 e. The maximum Gasteiger partial charge on any atom is 0.320 e. The van der Waals surface area contributed by atoms with Crippen molar-refractivity contribution in [1.82, 2.24) is 24.5 Å². The highest BCUT2D eigenvalue weighted by atomic mass is 16.5. The second-order valence-electron chi connectivity index (χ2n) is 10.9. The van der Waals surface area contributed by atoms with E-state index in [-0.39, 0.29) is 42.8 Å². The van der Waals surface area contributed by atoms with Gasteiger partial charge in [0.2, 0.25) is 18.2 Å². The first-order chi connectivity index (χ1) is 19.5. The number of amides is 5. The smallest absolute Gasteiger partial charge is 0.320 e. The third-order valence-electron chi connectivity index (χ3n) is 8.34. The van der Waals surface area contributed by atoms with Crippen molar-refractivity contribution in [3.05, 3.63) is 42.0 Å². The molecule has 5 amide bonds. The van der Waals surface area contributed by atoms with Crippen molar-refractivity contribution < 1.29 is 28.7 Å². The van der Waals surface area contributed by atoms with Crippen molar-refractivity contribution in [2.75, 3.05) is 78.7 Å². The zero-order valence-electron chi connectivity index (χ0n) is 23.0. The zero-order chi connectivity index (χ0) is 27.9. The maximum atomic E-state index is 13.6. The molecule has 0 saturated carbocycles. The average Bonchev–Trinajstić information content (AvgIpc) is 3.00. The lowest BCUT2D eigenvalue weighted by Gasteiger charge is -2.40. The highest BCUT2D eigenvalue weighted by Gasteiger charge is 2.35. The monoisotopic (exact) mass is 553 g/mol. The third-order valence-corrected chi connectivity index (χ3v) is 8.34. The third kappa shape index (κ3) is 6.75. The molecule has 11 heteroatoms. The fraction of sp³-hybridized carbons (Fsp3) is 0.586. The minimum atomic E-state index is -0.175. The molecule has 0 aromatic heterocycles. The van der Waals surface area contributed by atoms with Gasteiger partial charge in [-0.3, -0.25) is 14.4 Å². The lowest BCUT2D eigenvalue weighted by molar-refractivity contribution is -0.138. The van der Waals surface area contributed by atoms with E-state index >= 15 is 0 Å². The van der Waals surface area contributed by atoms with E-state index in [4.69, 9.17) is 9.47 Å². The fourth-order valence-electron chi connectivity index (χ4n) is 5.92. The number of morpholine rings is 1. The van der Waals surface area contributed by atoms with E-state index < -0.39 is 0 Å². The first-order valence-corrected chi connectivity index (χ1v) is 14.3.